The van der Waals surface area contributed by atoms with E-state index in [9.17, 15) is 0 Å². The zero-order valence-corrected chi connectivity index (χ0v) is 13.9. The Hall–Kier alpha value is -0.930. The molecule has 1 fully saturated rings. The van der Waals surface area contributed by atoms with Gasteiger partial charge in [0.25, 0.3) is 0 Å². The molecule has 0 aliphatic heterocycles. The first kappa shape index (κ1) is 16.4. The maximum atomic E-state index is 4.79. The summed E-state index contributed by atoms with van der Waals surface area (Å²) in [7, 11) is 2.26. The molecule has 0 radical (unpaired) electrons. The van der Waals surface area contributed by atoms with Crippen molar-refractivity contribution in [1.29, 1.82) is 0 Å². The van der Waals surface area contributed by atoms with Crippen molar-refractivity contribution in [2.24, 2.45) is 5.92 Å². The van der Waals surface area contributed by atoms with E-state index >= 15 is 0 Å². The van der Waals surface area contributed by atoms with Crippen molar-refractivity contribution in [2.75, 3.05) is 13.6 Å². The minimum atomic E-state index is 0.734. The molecule has 1 aliphatic rings. The third-order valence-electron chi connectivity index (χ3n) is 4.54. The van der Waals surface area contributed by atoms with Crippen LogP contribution < -0.4 is 5.32 Å². The topological polar surface area (TPSA) is 28.2 Å². The van der Waals surface area contributed by atoms with Crippen LogP contribution in [0.1, 0.15) is 57.3 Å². The zero-order valence-electron chi connectivity index (χ0n) is 13.9. The summed E-state index contributed by atoms with van der Waals surface area (Å²) >= 11 is 0. The van der Waals surface area contributed by atoms with E-state index in [0.29, 0.717) is 0 Å². The van der Waals surface area contributed by atoms with Crippen LogP contribution in [0.2, 0.25) is 0 Å². The van der Waals surface area contributed by atoms with Crippen LogP contribution in [0.25, 0.3) is 0 Å². The molecule has 1 saturated carbocycles. The minimum absolute atomic E-state index is 0.734. The lowest BCUT2D eigenvalue weighted by Crippen LogP contribution is -2.35. The highest BCUT2D eigenvalue weighted by Crippen LogP contribution is 2.27. The number of aromatic nitrogens is 1. The van der Waals surface area contributed by atoms with E-state index in [2.05, 4.69) is 49.3 Å². The Labute approximate surface area is 130 Å². The molecule has 0 aromatic carbocycles. The monoisotopic (exact) mass is 289 g/mol. The van der Waals surface area contributed by atoms with E-state index in [1.807, 2.05) is 0 Å². The number of hydrogen-bond acceptors (Lipinski definition) is 3. The summed E-state index contributed by atoms with van der Waals surface area (Å²) in [6.07, 6.45) is 6.64. The number of pyridine rings is 1. The average Bonchev–Trinajstić information content (AvgIpc) is 2.48. The Kier molecular flexibility index (Phi) is 6.65. The fourth-order valence-electron chi connectivity index (χ4n) is 3.30. The summed E-state index contributed by atoms with van der Waals surface area (Å²) < 4.78 is 0. The van der Waals surface area contributed by atoms with Crippen LogP contribution in [-0.4, -0.2) is 29.5 Å². The van der Waals surface area contributed by atoms with Gasteiger partial charge in [-0.15, -0.1) is 0 Å². The second-order valence-electron chi connectivity index (χ2n) is 6.64. The molecule has 0 spiro atoms. The molecule has 3 heteroatoms. The predicted octanol–water partition coefficient (Wildman–Crippen LogP) is 3.59. The average molecular weight is 289 g/mol. The van der Waals surface area contributed by atoms with Crippen molar-refractivity contribution in [3.8, 4) is 0 Å². The zero-order chi connectivity index (χ0) is 15.1. The maximum absolute atomic E-state index is 4.79. The Bertz CT molecular complexity index is 419. The lowest BCUT2D eigenvalue weighted by atomic mass is 9.86. The quantitative estimate of drug-likeness (QED) is 0.778. The summed E-state index contributed by atoms with van der Waals surface area (Å²) in [6, 6.07) is 7.15. The van der Waals surface area contributed by atoms with Crippen LogP contribution in [0.3, 0.4) is 0 Å². The molecule has 1 aromatic heterocycles. The second kappa shape index (κ2) is 8.50. The van der Waals surface area contributed by atoms with Crippen molar-refractivity contribution in [2.45, 2.75) is 65.1 Å². The molecule has 1 heterocycles. The standard InChI is InChI=1S/C18H31N3/c1-4-11-19-13-16-8-6-9-17(20-16)14-21(3)18-10-5-7-15(2)12-18/h6,8-9,15,18-19H,4-5,7,10-14H2,1-3H3. The first-order valence-electron chi connectivity index (χ1n) is 8.54. The summed E-state index contributed by atoms with van der Waals surface area (Å²) in [5.41, 5.74) is 2.36. The number of nitrogens with zero attached hydrogens (tertiary/aromatic N) is 2. The smallest absolute Gasteiger partial charge is 0.0547 e. The Morgan fingerprint density at radius 3 is 2.86 bits per heavy atom. The van der Waals surface area contributed by atoms with E-state index in [4.69, 9.17) is 4.98 Å². The molecule has 1 N–H and O–H groups in total. The molecule has 3 nitrogen and oxygen atoms in total. The van der Waals surface area contributed by atoms with Gasteiger partial charge in [0.2, 0.25) is 0 Å². The van der Waals surface area contributed by atoms with Gasteiger partial charge >= 0.3 is 0 Å². The van der Waals surface area contributed by atoms with Gasteiger partial charge in [-0.25, -0.2) is 0 Å². The Morgan fingerprint density at radius 2 is 2.10 bits per heavy atom. The highest BCUT2D eigenvalue weighted by molar-refractivity contribution is 5.11. The van der Waals surface area contributed by atoms with Gasteiger partial charge in [-0.3, -0.25) is 9.88 Å². The van der Waals surface area contributed by atoms with Gasteiger partial charge in [0.1, 0.15) is 0 Å². The highest BCUT2D eigenvalue weighted by atomic mass is 15.1. The van der Waals surface area contributed by atoms with E-state index in [1.54, 1.807) is 0 Å². The summed E-state index contributed by atoms with van der Waals surface area (Å²) in [5.74, 6) is 0.878. The van der Waals surface area contributed by atoms with Crippen molar-refractivity contribution in [3.63, 3.8) is 0 Å². The number of hydrogen-bond donors (Lipinski definition) is 1. The van der Waals surface area contributed by atoms with E-state index in [-0.39, 0.29) is 0 Å². The molecule has 2 unspecified atom stereocenters. The molecule has 118 valence electrons. The van der Waals surface area contributed by atoms with E-state index in [0.717, 1.165) is 37.3 Å². The first-order chi connectivity index (χ1) is 10.2. The summed E-state index contributed by atoms with van der Waals surface area (Å²) in [6.45, 7) is 7.49. The van der Waals surface area contributed by atoms with Crippen LogP contribution in [-0.2, 0) is 13.1 Å². The molecule has 0 saturated heterocycles. The number of nitrogens with one attached hydrogen (secondary N) is 1. The molecule has 2 rings (SSSR count). The maximum Gasteiger partial charge on any atom is 0.0547 e. The first-order valence-corrected chi connectivity index (χ1v) is 8.54. The lowest BCUT2D eigenvalue weighted by molar-refractivity contribution is 0.156. The van der Waals surface area contributed by atoms with Gasteiger partial charge in [-0.05, 0) is 50.9 Å². The molecule has 21 heavy (non-hydrogen) atoms. The third-order valence-corrected chi connectivity index (χ3v) is 4.54. The van der Waals surface area contributed by atoms with Crippen LogP contribution in [0.5, 0.6) is 0 Å². The molecule has 1 aliphatic carbocycles. The van der Waals surface area contributed by atoms with E-state index in [1.165, 1.54) is 37.8 Å². The van der Waals surface area contributed by atoms with Crippen LogP contribution >= 0.6 is 0 Å². The van der Waals surface area contributed by atoms with Crippen molar-refractivity contribution in [3.05, 3.63) is 29.6 Å². The molecule has 0 amide bonds. The fraction of sp³-hybridized carbons (Fsp3) is 0.722. The highest BCUT2D eigenvalue weighted by Gasteiger charge is 2.22. The fourth-order valence-corrected chi connectivity index (χ4v) is 3.30. The molecular formula is C18H31N3. The minimum Gasteiger partial charge on any atom is -0.311 e. The van der Waals surface area contributed by atoms with E-state index < -0.39 is 0 Å². The number of rotatable bonds is 7. The van der Waals surface area contributed by atoms with Crippen LogP contribution in [0, 0.1) is 5.92 Å². The lowest BCUT2D eigenvalue weighted by Gasteiger charge is -2.34. The molecule has 1 aromatic rings. The van der Waals surface area contributed by atoms with Gasteiger partial charge in [0, 0.05) is 19.1 Å². The molecule has 0 bridgehead atoms. The molecular weight excluding hydrogens is 258 g/mol. The van der Waals surface area contributed by atoms with Crippen molar-refractivity contribution in [1.82, 2.24) is 15.2 Å². The largest absolute Gasteiger partial charge is 0.311 e. The van der Waals surface area contributed by atoms with Gasteiger partial charge < -0.3 is 5.32 Å². The summed E-state index contributed by atoms with van der Waals surface area (Å²) in [5, 5.41) is 3.42. The SMILES string of the molecule is CCCNCc1cccc(CN(C)C2CCCC(C)C2)n1. The van der Waals surface area contributed by atoms with Crippen molar-refractivity contribution >= 4 is 0 Å². The Balaban J connectivity index is 1.87. The normalized spacial score (nSPS) is 22.7. The summed E-state index contributed by atoms with van der Waals surface area (Å²) in [4.78, 5) is 7.30. The van der Waals surface area contributed by atoms with Gasteiger partial charge in [0.05, 0.1) is 11.4 Å². The Morgan fingerprint density at radius 1 is 1.29 bits per heavy atom. The van der Waals surface area contributed by atoms with Crippen LogP contribution in [0.4, 0.5) is 0 Å². The van der Waals surface area contributed by atoms with Crippen molar-refractivity contribution < 1.29 is 0 Å². The van der Waals surface area contributed by atoms with Crippen LogP contribution in [0.15, 0.2) is 18.2 Å². The van der Waals surface area contributed by atoms with Gasteiger partial charge in [-0.1, -0.05) is 32.8 Å². The third kappa shape index (κ3) is 5.40. The molecule has 2 atom stereocenters. The predicted molar refractivity (Wildman–Crippen MR) is 89.1 cm³/mol. The van der Waals surface area contributed by atoms with Gasteiger partial charge in [0.15, 0.2) is 0 Å². The van der Waals surface area contributed by atoms with Gasteiger partial charge in [-0.2, -0.15) is 0 Å². The second-order valence-corrected chi connectivity index (χ2v) is 6.64.